The molecular weight excluding hydrogens is 236 g/mol. The smallest absolute Gasteiger partial charge is 0.339 e. The maximum atomic E-state index is 11.7. The minimum atomic E-state index is -1.12. The van der Waals surface area contributed by atoms with E-state index in [0.29, 0.717) is 6.61 Å². The lowest BCUT2D eigenvalue weighted by molar-refractivity contribution is -0.118. The van der Waals surface area contributed by atoms with Gasteiger partial charge in [0, 0.05) is 12.8 Å². The maximum Gasteiger partial charge on any atom is 0.339 e. The first-order valence-corrected chi connectivity index (χ1v) is 5.76. The molecule has 1 amide bonds. The van der Waals surface area contributed by atoms with Crippen LogP contribution in [0.5, 0.6) is 0 Å². The summed E-state index contributed by atoms with van der Waals surface area (Å²) >= 11 is 0. The molecule has 1 saturated heterocycles. The largest absolute Gasteiger partial charge is 0.478 e. The zero-order valence-corrected chi connectivity index (χ0v) is 9.76. The summed E-state index contributed by atoms with van der Waals surface area (Å²) < 4.78 is 5.34. The highest BCUT2D eigenvalue weighted by atomic mass is 16.5. The fourth-order valence-corrected chi connectivity index (χ4v) is 1.87. The number of nitrogens with zero attached hydrogens (tertiary/aromatic N) is 1. The zero-order chi connectivity index (χ0) is 13.0. The fourth-order valence-electron chi connectivity index (χ4n) is 1.87. The van der Waals surface area contributed by atoms with Crippen molar-refractivity contribution in [2.24, 2.45) is 0 Å². The average molecular weight is 250 g/mol. The van der Waals surface area contributed by atoms with Gasteiger partial charge in [0.2, 0.25) is 5.91 Å². The molecule has 2 heterocycles. The standard InChI is InChI=1S/C12H14N2O4/c15-10(7-8-3-2-6-18-8)14-11-9(12(16)17)4-1-5-13-11/h1,4-5,8H,2-3,6-7H2,(H,16,17)(H,13,14,15). The molecule has 0 spiro atoms. The topological polar surface area (TPSA) is 88.5 Å². The van der Waals surface area contributed by atoms with E-state index in [2.05, 4.69) is 10.3 Å². The number of hydrogen-bond acceptors (Lipinski definition) is 4. The van der Waals surface area contributed by atoms with E-state index in [0.717, 1.165) is 12.8 Å². The van der Waals surface area contributed by atoms with E-state index in [1.165, 1.54) is 18.3 Å². The van der Waals surface area contributed by atoms with E-state index in [9.17, 15) is 9.59 Å². The van der Waals surface area contributed by atoms with Crippen LogP contribution < -0.4 is 5.32 Å². The van der Waals surface area contributed by atoms with Gasteiger partial charge in [0.15, 0.2) is 0 Å². The first kappa shape index (κ1) is 12.5. The minimum absolute atomic E-state index is 0.0156. The van der Waals surface area contributed by atoms with E-state index in [-0.39, 0.29) is 29.8 Å². The Morgan fingerprint density at radius 2 is 2.39 bits per heavy atom. The molecule has 1 fully saturated rings. The predicted molar refractivity (Wildman–Crippen MR) is 63.4 cm³/mol. The first-order valence-electron chi connectivity index (χ1n) is 5.76. The van der Waals surface area contributed by atoms with Gasteiger partial charge >= 0.3 is 5.97 Å². The zero-order valence-electron chi connectivity index (χ0n) is 9.76. The van der Waals surface area contributed by atoms with Crippen LogP contribution in [0.25, 0.3) is 0 Å². The lowest BCUT2D eigenvalue weighted by Crippen LogP contribution is -2.21. The number of hydrogen-bond donors (Lipinski definition) is 2. The molecule has 0 aromatic carbocycles. The van der Waals surface area contributed by atoms with Gasteiger partial charge in [0.25, 0.3) is 0 Å². The normalized spacial score (nSPS) is 18.6. The van der Waals surface area contributed by atoms with Crippen LogP contribution in [-0.2, 0) is 9.53 Å². The lowest BCUT2D eigenvalue weighted by atomic mass is 10.1. The first-order chi connectivity index (χ1) is 8.66. The molecule has 0 radical (unpaired) electrons. The van der Waals surface area contributed by atoms with Crippen molar-refractivity contribution in [2.45, 2.75) is 25.4 Å². The van der Waals surface area contributed by atoms with Crippen LogP contribution in [0.15, 0.2) is 18.3 Å². The third-order valence-corrected chi connectivity index (χ3v) is 2.73. The Labute approximate surface area is 104 Å². The van der Waals surface area contributed by atoms with Gasteiger partial charge in [-0.05, 0) is 25.0 Å². The molecule has 2 N–H and O–H groups in total. The Morgan fingerprint density at radius 1 is 1.56 bits per heavy atom. The van der Waals surface area contributed by atoms with Crippen molar-refractivity contribution in [1.82, 2.24) is 4.98 Å². The van der Waals surface area contributed by atoms with Crippen LogP contribution in [-0.4, -0.2) is 34.7 Å². The van der Waals surface area contributed by atoms with Crippen LogP contribution in [0.2, 0.25) is 0 Å². The Bertz CT molecular complexity index is 455. The van der Waals surface area contributed by atoms with E-state index in [4.69, 9.17) is 9.84 Å². The van der Waals surface area contributed by atoms with Crippen LogP contribution in [0.4, 0.5) is 5.82 Å². The number of pyridine rings is 1. The fraction of sp³-hybridized carbons (Fsp3) is 0.417. The Morgan fingerprint density at radius 3 is 3.06 bits per heavy atom. The second kappa shape index (κ2) is 5.59. The number of ether oxygens (including phenoxy) is 1. The van der Waals surface area contributed by atoms with Gasteiger partial charge in [-0.3, -0.25) is 4.79 Å². The summed E-state index contributed by atoms with van der Waals surface area (Å²) in [5, 5.41) is 11.5. The van der Waals surface area contributed by atoms with Crippen LogP contribution in [0.3, 0.4) is 0 Å². The highest BCUT2D eigenvalue weighted by molar-refractivity contribution is 5.99. The van der Waals surface area contributed by atoms with E-state index in [1.807, 2.05) is 0 Å². The SMILES string of the molecule is O=C(CC1CCCO1)Nc1ncccc1C(=O)O. The molecule has 0 bridgehead atoms. The molecule has 6 heteroatoms. The van der Waals surface area contributed by atoms with Crippen molar-refractivity contribution >= 4 is 17.7 Å². The number of nitrogens with one attached hydrogen (secondary N) is 1. The minimum Gasteiger partial charge on any atom is -0.478 e. The Hall–Kier alpha value is -1.95. The van der Waals surface area contributed by atoms with Gasteiger partial charge in [-0.15, -0.1) is 0 Å². The molecule has 96 valence electrons. The van der Waals surface area contributed by atoms with Crippen LogP contribution >= 0.6 is 0 Å². The molecule has 1 aliphatic heterocycles. The van der Waals surface area contributed by atoms with Gasteiger partial charge in [-0.2, -0.15) is 0 Å². The molecule has 0 saturated carbocycles. The van der Waals surface area contributed by atoms with Crippen LogP contribution in [0, 0.1) is 0 Å². The average Bonchev–Trinajstić information content (AvgIpc) is 2.82. The van der Waals surface area contributed by atoms with Crippen molar-refractivity contribution in [2.75, 3.05) is 11.9 Å². The second-order valence-corrected chi connectivity index (χ2v) is 4.09. The summed E-state index contributed by atoms with van der Waals surface area (Å²) in [6.45, 7) is 0.682. The predicted octanol–water partition coefficient (Wildman–Crippen LogP) is 1.29. The van der Waals surface area contributed by atoms with Crippen LogP contribution in [0.1, 0.15) is 29.6 Å². The molecule has 6 nitrogen and oxygen atoms in total. The number of carboxylic acids is 1. The Balaban J connectivity index is 2.00. The third-order valence-electron chi connectivity index (χ3n) is 2.73. The molecule has 1 atom stereocenters. The Kier molecular flexibility index (Phi) is 3.88. The van der Waals surface area contributed by atoms with Gasteiger partial charge in [0.05, 0.1) is 12.5 Å². The van der Waals surface area contributed by atoms with Gasteiger partial charge in [-0.1, -0.05) is 0 Å². The molecule has 0 aliphatic carbocycles. The van der Waals surface area contributed by atoms with Crippen molar-refractivity contribution in [1.29, 1.82) is 0 Å². The number of carboxylic acid groups (broad SMARTS) is 1. The number of rotatable bonds is 4. The van der Waals surface area contributed by atoms with Gasteiger partial charge < -0.3 is 15.2 Å². The second-order valence-electron chi connectivity index (χ2n) is 4.09. The van der Waals surface area contributed by atoms with Gasteiger partial charge in [0.1, 0.15) is 11.4 Å². The van der Waals surface area contributed by atoms with Crippen molar-refractivity contribution < 1.29 is 19.4 Å². The number of carbonyl (C=O) groups excluding carboxylic acids is 1. The molecule has 2 rings (SSSR count). The number of aromatic nitrogens is 1. The molecule has 1 aromatic heterocycles. The molecule has 1 aliphatic rings. The molecular formula is C12H14N2O4. The summed E-state index contributed by atoms with van der Waals surface area (Å²) in [6.07, 6.45) is 3.43. The quantitative estimate of drug-likeness (QED) is 0.840. The van der Waals surface area contributed by atoms with Crippen molar-refractivity contribution in [3.63, 3.8) is 0 Å². The van der Waals surface area contributed by atoms with E-state index < -0.39 is 5.97 Å². The number of aromatic carboxylic acids is 1. The summed E-state index contributed by atoms with van der Waals surface area (Å²) in [5.74, 6) is -1.31. The molecule has 1 unspecified atom stereocenters. The summed E-state index contributed by atoms with van der Waals surface area (Å²) in [4.78, 5) is 26.5. The highest BCUT2D eigenvalue weighted by Gasteiger charge is 2.20. The van der Waals surface area contributed by atoms with E-state index >= 15 is 0 Å². The summed E-state index contributed by atoms with van der Waals surface area (Å²) in [5.41, 5.74) is -0.0156. The number of amides is 1. The highest BCUT2D eigenvalue weighted by Crippen LogP contribution is 2.17. The maximum absolute atomic E-state index is 11.7. The van der Waals surface area contributed by atoms with Gasteiger partial charge in [-0.25, -0.2) is 9.78 Å². The molecule has 18 heavy (non-hydrogen) atoms. The summed E-state index contributed by atoms with van der Waals surface area (Å²) in [6, 6.07) is 2.91. The summed E-state index contributed by atoms with van der Waals surface area (Å²) in [7, 11) is 0. The monoisotopic (exact) mass is 250 g/mol. The van der Waals surface area contributed by atoms with Crippen molar-refractivity contribution in [3.8, 4) is 0 Å². The lowest BCUT2D eigenvalue weighted by Gasteiger charge is -2.10. The number of carbonyl (C=O) groups is 2. The molecule has 1 aromatic rings. The third kappa shape index (κ3) is 3.04. The van der Waals surface area contributed by atoms with E-state index in [1.54, 1.807) is 0 Å². The number of anilines is 1. The van der Waals surface area contributed by atoms with Crippen molar-refractivity contribution in [3.05, 3.63) is 23.9 Å².